The van der Waals surface area contributed by atoms with Crippen LogP contribution in [0.2, 0.25) is 0 Å². The lowest BCUT2D eigenvalue weighted by Gasteiger charge is -2.16. The van der Waals surface area contributed by atoms with Gasteiger partial charge < -0.3 is 14.8 Å². The topological polar surface area (TPSA) is 71.6 Å². The maximum Gasteiger partial charge on any atom is 0.242 e. The summed E-state index contributed by atoms with van der Waals surface area (Å²) >= 11 is 5.17. The molecule has 3 N–H and O–H groups in total. The number of thiocarbonyl (C=S) groups is 1. The number of hydrogen-bond donors (Lipinski definition) is 3. The van der Waals surface area contributed by atoms with E-state index < -0.39 is 0 Å². The van der Waals surface area contributed by atoms with Crippen molar-refractivity contribution in [2.24, 2.45) is 0 Å². The van der Waals surface area contributed by atoms with Gasteiger partial charge in [0, 0.05) is 6.04 Å². The molecule has 0 aromatic heterocycles. The first-order valence-electron chi connectivity index (χ1n) is 7.68. The molecule has 0 aliphatic heterocycles. The van der Waals surface area contributed by atoms with Crippen molar-refractivity contribution in [2.75, 3.05) is 14.2 Å². The van der Waals surface area contributed by atoms with Crippen LogP contribution in [-0.4, -0.2) is 31.3 Å². The highest BCUT2D eigenvalue weighted by Crippen LogP contribution is 2.27. The van der Waals surface area contributed by atoms with E-state index >= 15 is 0 Å². The van der Waals surface area contributed by atoms with Gasteiger partial charge >= 0.3 is 0 Å². The van der Waals surface area contributed by atoms with E-state index in [0.717, 1.165) is 18.4 Å². The molecule has 1 aliphatic carbocycles. The molecule has 6 nitrogen and oxygen atoms in total. The summed E-state index contributed by atoms with van der Waals surface area (Å²) in [5.41, 5.74) is 6.18. The molecule has 0 radical (unpaired) electrons. The van der Waals surface area contributed by atoms with Crippen LogP contribution in [0.25, 0.3) is 0 Å². The highest BCUT2D eigenvalue weighted by molar-refractivity contribution is 7.80. The van der Waals surface area contributed by atoms with Crippen LogP contribution in [0.4, 0.5) is 0 Å². The Kier molecular flexibility index (Phi) is 6.46. The maximum atomic E-state index is 12.0. The predicted molar refractivity (Wildman–Crippen MR) is 92.5 cm³/mol. The largest absolute Gasteiger partial charge is 0.493 e. The quantitative estimate of drug-likeness (QED) is 0.561. The molecule has 7 heteroatoms. The van der Waals surface area contributed by atoms with E-state index in [-0.39, 0.29) is 12.3 Å². The molecule has 0 bridgehead atoms. The van der Waals surface area contributed by atoms with Gasteiger partial charge in [0.15, 0.2) is 16.6 Å². The first kappa shape index (κ1) is 17.3. The molecular weight excluding hydrogens is 314 g/mol. The Morgan fingerprint density at radius 2 is 1.87 bits per heavy atom. The number of methoxy groups -OCH3 is 2. The Morgan fingerprint density at radius 1 is 1.17 bits per heavy atom. The van der Waals surface area contributed by atoms with Crippen LogP contribution >= 0.6 is 12.2 Å². The fourth-order valence-electron chi connectivity index (χ4n) is 2.64. The lowest BCUT2D eigenvalue weighted by atomic mass is 10.1. The molecule has 0 unspecified atom stereocenters. The zero-order valence-corrected chi connectivity index (χ0v) is 14.3. The third-order valence-electron chi connectivity index (χ3n) is 3.82. The summed E-state index contributed by atoms with van der Waals surface area (Å²) in [6.07, 6.45) is 4.93. The first-order valence-corrected chi connectivity index (χ1v) is 8.09. The van der Waals surface area contributed by atoms with Crippen LogP contribution in [0.3, 0.4) is 0 Å². The summed E-state index contributed by atoms with van der Waals surface area (Å²) in [7, 11) is 3.14. The second-order valence-electron chi connectivity index (χ2n) is 5.49. The average Bonchev–Trinajstić information content (AvgIpc) is 3.05. The lowest BCUT2D eigenvalue weighted by Crippen LogP contribution is -2.49. The van der Waals surface area contributed by atoms with Crippen molar-refractivity contribution >= 4 is 23.2 Å². The summed E-state index contributed by atoms with van der Waals surface area (Å²) in [5.74, 6) is 1.06. The van der Waals surface area contributed by atoms with E-state index in [4.69, 9.17) is 21.7 Å². The molecule has 0 atom stereocenters. The average molecular weight is 337 g/mol. The van der Waals surface area contributed by atoms with E-state index in [2.05, 4.69) is 16.2 Å². The molecular formula is C16H23N3O3S. The number of carbonyl (C=O) groups is 1. The number of hydrazine groups is 1. The van der Waals surface area contributed by atoms with Gasteiger partial charge in [-0.05, 0) is 42.8 Å². The van der Waals surface area contributed by atoms with Gasteiger partial charge in [0.1, 0.15) is 0 Å². The first-order chi connectivity index (χ1) is 11.1. The maximum absolute atomic E-state index is 12.0. The van der Waals surface area contributed by atoms with Crippen LogP contribution < -0.4 is 25.6 Å². The van der Waals surface area contributed by atoms with Crippen LogP contribution in [0, 0.1) is 0 Å². The Hall–Kier alpha value is -2.02. The van der Waals surface area contributed by atoms with Crippen molar-refractivity contribution < 1.29 is 14.3 Å². The minimum Gasteiger partial charge on any atom is -0.493 e. The van der Waals surface area contributed by atoms with Crippen molar-refractivity contribution in [1.29, 1.82) is 0 Å². The smallest absolute Gasteiger partial charge is 0.242 e. The summed E-state index contributed by atoms with van der Waals surface area (Å²) in [5, 5.41) is 3.66. The van der Waals surface area contributed by atoms with E-state index in [0.29, 0.717) is 22.7 Å². The molecule has 1 fully saturated rings. The third kappa shape index (κ3) is 5.28. The zero-order chi connectivity index (χ0) is 16.7. The van der Waals surface area contributed by atoms with Crippen LogP contribution in [0.15, 0.2) is 18.2 Å². The summed E-state index contributed by atoms with van der Waals surface area (Å²) in [6.45, 7) is 0. The summed E-state index contributed by atoms with van der Waals surface area (Å²) < 4.78 is 10.4. The van der Waals surface area contributed by atoms with Gasteiger partial charge in [-0.3, -0.25) is 15.6 Å². The minimum atomic E-state index is -0.173. The number of ether oxygens (including phenoxy) is 2. The SMILES string of the molecule is COc1ccc(CC(=O)NNC(=S)NC2CCCC2)cc1OC. The molecule has 126 valence electrons. The second-order valence-corrected chi connectivity index (χ2v) is 5.90. The van der Waals surface area contributed by atoms with E-state index in [1.807, 2.05) is 6.07 Å². The Bertz CT molecular complexity index is 560. The highest BCUT2D eigenvalue weighted by atomic mass is 32.1. The number of carbonyl (C=O) groups excluding carboxylic acids is 1. The van der Waals surface area contributed by atoms with Gasteiger partial charge in [-0.15, -0.1) is 0 Å². The van der Waals surface area contributed by atoms with Gasteiger partial charge in [0.2, 0.25) is 5.91 Å². The Morgan fingerprint density at radius 3 is 2.52 bits per heavy atom. The van der Waals surface area contributed by atoms with Crippen molar-refractivity contribution in [2.45, 2.75) is 38.1 Å². The molecule has 1 aromatic carbocycles. The van der Waals surface area contributed by atoms with Crippen molar-refractivity contribution in [1.82, 2.24) is 16.2 Å². The van der Waals surface area contributed by atoms with Crippen molar-refractivity contribution in [3.63, 3.8) is 0 Å². The standard InChI is InChI=1S/C16H23N3O3S/c1-21-13-8-7-11(9-14(13)22-2)10-15(20)18-19-16(23)17-12-5-3-4-6-12/h7-9,12H,3-6,10H2,1-2H3,(H,18,20)(H2,17,19,23). The number of nitrogens with one attached hydrogen (secondary N) is 3. The predicted octanol–water partition coefficient (Wildman–Crippen LogP) is 1.68. The normalized spacial score (nSPS) is 14.2. The Labute approximate surface area is 141 Å². The number of rotatable bonds is 5. The molecule has 23 heavy (non-hydrogen) atoms. The fraction of sp³-hybridized carbons (Fsp3) is 0.500. The molecule has 1 aromatic rings. The fourth-order valence-corrected chi connectivity index (χ4v) is 2.86. The summed E-state index contributed by atoms with van der Waals surface area (Å²) in [6, 6.07) is 5.81. The van der Waals surface area contributed by atoms with Gasteiger partial charge in [0.05, 0.1) is 20.6 Å². The molecule has 1 saturated carbocycles. The van der Waals surface area contributed by atoms with Crippen LogP contribution in [0.1, 0.15) is 31.2 Å². The lowest BCUT2D eigenvalue weighted by molar-refractivity contribution is -0.121. The molecule has 0 heterocycles. The molecule has 1 amide bonds. The van der Waals surface area contributed by atoms with Crippen LogP contribution in [-0.2, 0) is 11.2 Å². The number of hydrogen-bond acceptors (Lipinski definition) is 4. The van der Waals surface area contributed by atoms with Gasteiger partial charge in [0.25, 0.3) is 0 Å². The zero-order valence-electron chi connectivity index (χ0n) is 13.5. The highest BCUT2D eigenvalue weighted by Gasteiger charge is 2.15. The van der Waals surface area contributed by atoms with Crippen molar-refractivity contribution in [3.8, 4) is 11.5 Å². The molecule has 2 rings (SSSR count). The molecule has 0 saturated heterocycles. The molecule has 0 spiro atoms. The van der Waals surface area contributed by atoms with Gasteiger partial charge in [-0.1, -0.05) is 18.9 Å². The minimum absolute atomic E-state index is 0.173. The van der Waals surface area contributed by atoms with E-state index in [9.17, 15) is 4.79 Å². The summed E-state index contributed by atoms with van der Waals surface area (Å²) in [4.78, 5) is 12.0. The number of amides is 1. The monoisotopic (exact) mass is 337 g/mol. The third-order valence-corrected chi connectivity index (χ3v) is 4.04. The van der Waals surface area contributed by atoms with Gasteiger partial charge in [-0.2, -0.15) is 0 Å². The van der Waals surface area contributed by atoms with E-state index in [1.165, 1.54) is 12.8 Å². The van der Waals surface area contributed by atoms with Crippen LogP contribution in [0.5, 0.6) is 11.5 Å². The molecule has 1 aliphatic rings. The van der Waals surface area contributed by atoms with Gasteiger partial charge in [-0.25, -0.2) is 0 Å². The van der Waals surface area contributed by atoms with E-state index in [1.54, 1.807) is 26.4 Å². The number of benzene rings is 1. The van der Waals surface area contributed by atoms with Crippen molar-refractivity contribution in [3.05, 3.63) is 23.8 Å². The second kappa shape index (κ2) is 8.57. The Balaban J connectivity index is 1.78.